The van der Waals surface area contributed by atoms with Gasteiger partial charge in [-0.05, 0) is 43.7 Å². The number of carbonyl (C=O) groups excluding carboxylic acids is 3. The Morgan fingerprint density at radius 1 is 1.16 bits per heavy atom. The highest BCUT2D eigenvalue weighted by molar-refractivity contribution is 7.90. The van der Waals surface area contributed by atoms with Crippen LogP contribution in [-0.2, 0) is 26.2 Å². The Hall–Kier alpha value is -2.91. The molecule has 2 aromatic carbocycles. The highest BCUT2D eigenvalue weighted by atomic mass is 35.5. The first-order chi connectivity index (χ1) is 15.2. The molecule has 0 aliphatic carbocycles. The van der Waals surface area contributed by atoms with E-state index < -0.39 is 27.9 Å². The molecule has 0 fully saturated rings. The third-order valence-corrected chi connectivity index (χ3v) is 7.28. The van der Waals surface area contributed by atoms with Crippen LogP contribution in [0.3, 0.4) is 0 Å². The van der Waals surface area contributed by atoms with Gasteiger partial charge in [-0.25, -0.2) is 12.7 Å². The van der Waals surface area contributed by atoms with Crippen LogP contribution in [0, 0.1) is 0 Å². The van der Waals surface area contributed by atoms with Gasteiger partial charge in [-0.2, -0.15) is 0 Å². The molecule has 3 amide bonds. The standard InChI is InChI=1S/C22H24ClN3O5S/c1-3-24-21(28)15(2)25(14-16-7-6-8-17(23)13-16)20(27)11-12-26-22(29)18-9-4-5-10-19(18)32(26,30)31/h4-10,13,15H,3,11-12,14H2,1-2H3,(H,24,28)/t15-/m0/s1. The molecule has 1 heterocycles. The van der Waals surface area contributed by atoms with Gasteiger partial charge in [-0.1, -0.05) is 35.9 Å². The van der Waals surface area contributed by atoms with Crippen LogP contribution in [0.15, 0.2) is 53.4 Å². The van der Waals surface area contributed by atoms with E-state index in [4.69, 9.17) is 11.6 Å². The highest BCUT2D eigenvalue weighted by Crippen LogP contribution is 2.30. The third-order valence-electron chi connectivity index (χ3n) is 5.20. The van der Waals surface area contributed by atoms with Crippen molar-refractivity contribution in [2.45, 2.75) is 37.8 Å². The van der Waals surface area contributed by atoms with Gasteiger partial charge in [-0.15, -0.1) is 0 Å². The number of nitrogens with zero attached hydrogens (tertiary/aromatic N) is 2. The lowest BCUT2D eigenvalue weighted by atomic mass is 10.1. The van der Waals surface area contributed by atoms with E-state index in [1.165, 1.54) is 17.0 Å². The lowest BCUT2D eigenvalue weighted by molar-refractivity contribution is -0.140. The summed E-state index contributed by atoms with van der Waals surface area (Å²) in [7, 11) is -4.01. The van der Waals surface area contributed by atoms with E-state index >= 15 is 0 Å². The number of sulfonamides is 1. The molecule has 0 saturated carbocycles. The van der Waals surface area contributed by atoms with Crippen LogP contribution in [-0.4, -0.2) is 54.5 Å². The summed E-state index contributed by atoms with van der Waals surface area (Å²) in [5.74, 6) is -1.45. The molecule has 1 atom stereocenters. The minimum atomic E-state index is -4.01. The molecular weight excluding hydrogens is 454 g/mol. The molecule has 2 aromatic rings. The van der Waals surface area contributed by atoms with Crippen LogP contribution in [0.4, 0.5) is 0 Å². The average Bonchev–Trinajstić information content (AvgIpc) is 2.95. The van der Waals surface area contributed by atoms with Crippen LogP contribution < -0.4 is 5.32 Å². The Balaban J connectivity index is 1.79. The minimum absolute atomic E-state index is 0.0658. The van der Waals surface area contributed by atoms with Crippen molar-refractivity contribution in [3.05, 3.63) is 64.7 Å². The van der Waals surface area contributed by atoms with Crippen molar-refractivity contribution in [1.29, 1.82) is 0 Å². The number of hydrogen-bond donors (Lipinski definition) is 1. The number of rotatable bonds is 8. The number of likely N-dealkylation sites (N-methyl/N-ethyl adjacent to an activating group) is 1. The topological polar surface area (TPSA) is 104 Å². The molecule has 0 radical (unpaired) electrons. The van der Waals surface area contributed by atoms with Crippen molar-refractivity contribution in [3.8, 4) is 0 Å². The molecule has 170 valence electrons. The quantitative estimate of drug-likeness (QED) is 0.628. The minimum Gasteiger partial charge on any atom is -0.355 e. The van der Waals surface area contributed by atoms with E-state index in [0.717, 1.165) is 5.56 Å². The van der Waals surface area contributed by atoms with Crippen molar-refractivity contribution < 1.29 is 22.8 Å². The van der Waals surface area contributed by atoms with Gasteiger partial charge < -0.3 is 10.2 Å². The molecule has 0 saturated heterocycles. The van der Waals surface area contributed by atoms with E-state index in [0.29, 0.717) is 15.9 Å². The smallest absolute Gasteiger partial charge is 0.269 e. The second-order valence-corrected chi connectivity index (χ2v) is 9.62. The average molecular weight is 478 g/mol. The van der Waals surface area contributed by atoms with Gasteiger partial charge in [0.25, 0.3) is 15.9 Å². The fourth-order valence-electron chi connectivity index (χ4n) is 3.53. The maximum atomic E-state index is 13.1. The zero-order valence-corrected chi connectivity index (χ0v) is 19.3. The maximum Gasteiger partial charge on any atom is 0.269 e. The molecule has 0 aromatic heterocycles. The second kappa shape index (κ2) is 9.70. The molecule has 32 heavy (non-hydrogen) atoms. The van der Waals surface area contributed by atoms with E-state index in [2.05, 4.69) is 5.32 Å². The number of fused-ring (bicyclic) bond motifs is 1. The van der Waals surface area contributed by atoms with Gasteiger partial charge >= 0.3 is 0 Å². The summed E-state index contributed by atoms with van der Waals surface area (Å²) in [6.07, 6.45) is -0.261. The number of hydrogen-bond acceptors (Lipinski definition) is 5. The number of amides is 3. The summed E-state index contributed by atoms with van der Waals surface area (Å²) in [6, 6.07) is 12.0. The van der Waals surface area contributed by atoms with Crippen molar-refractivity contribution in [2.75, 3.05) is 13.1 Å². The van der Waals surface area contributed by atoms with Crippen molar-refractivity contribution >= 4 is 39.3 Å². The summed E-state index contributed by atoms with van der Waals surface area (Å²) >= 11 is 6.05. The third kappa shape index (κ3) is 4.78. The van der Waals surface area contributed by atoms with E-state index in [1.54, 1.807) is 50.2 Å². The highest BCUT2D eigenvalue weighted by Gasteiger charge is 2.41. The van der Waals surface area contributed by atoms with Gasteiger partial charge in [0, 0.05) is 31.1 Å². The number of carbonyl (C=O) groups is 3. The molecule has 8 nitrogen and oxygen atoms in total. The predicted octanol–water partition coefficient (Wildman–Crippen LogP) is 2.43. The van der Waals surface area contributed by atoms with E-state index in [9.17, 15) is 22.8 Å². The first-order valence-electron chi connectivity index (χ1n) is 10.1. The lowest BCUT2D eigenvalue weighted by Gasteiger charge is -2.29. The number of nitrogens with one attached hydrogen (secondary N) is 1. The maximum absolute atomic E-state index is 13.1. The van der Waals surface area contributed by atoms with Crippen molar-refractivity contribution in [2.24, 2.45) is 0 Å². The van der Waals surface area contributed by atoms with Gasteiger partial charge in [0.1, 0.15) is 10.9 Å². The molecular formula is C22H24ClN3O5S. The zero-order valence-electron chi connectivity index (χ0n) is 17.7. The summed E-state index contributed by atoms with van der Waals surface area (Å²) < 4.78 is 26.2. The summed E-state index contributed by atoms with van der Waals surface area (Å²) in [5.41, 5.74) is 0.811. The Morgan fingerprint density at radius 3 is 2.53 bits per heavy atom. The number of halogens is 1. The SMILES string of the molecule is CCNC(=O)[C@H](C)N(Cc1cccc(Cl)c1)C(=O)CCN1C(=O)c2ccccc2S1(=O)=O. The van der Waals surface area contributed by atoms with Crippen molar-refractivity contribution in [1.82, 2.24) is 14.5 Å². The lowest BCUT2D eigenvalue weighted by Crippen LogP contribution is -2.48. The molecule has 1 N–H and O–H groups in total. The van der Waals surface area contributed by atoms with Gasteiger partial charge in [0.15, 0.2) is 0 Å². The predicted molar refractivity (Wildman–Crippen MR) is 119 cm³/mol. The summed E-state index contributed by atoms with van der Waals surface area (Å²) in [6.45, 7) is 3.57. The monoisotopic (exact) mass is 477 g/mol. The van der Waals surface area contributed by atoms with Crippen LogP contribution in [0.2, 0.25) is 5.02 Å². The first kappa shape index (κ1) is 23.7. The summed E-state index contributed by atoms with van der Waals surface area (Å²) in [5, 5.41) is 3.18. The molecule has 0 spiro atoms. The fourth-order valence-corrected chi connectivity index (χ4v) is 5.31. The van der Waals surface area contributed by atoms with E-state index in [1.807, 2.05) is 0 Å². The number of benzene rings is 2. The fraction of sp³-hybridized carbons (Fsp3) is 0.318. The van der Waals surface area contributed by atoms with Crippen molar-refractivity contribution in [3.63, 3.8) is 0 Å². The first-order valence-corrected chi connectivity index (χ1v) is 12.0. The molecule has 10 heteroatoms. The van der Waals surface area contributed by atoms with Gasteiger partial charge in [-0.3, -0.25) is 14.4 Å². The Labute approximate surface area is 192 Å². The van der Waals surface area contributed by atoms with Crippen LogP contribution in [0.1, 0.15) is 36.2 Å². The van der Waals surface area contributed by atoms with Gasteiger partial charge in [0.05, 0.1) is 5.56 Å². The van der Waals surface area contributed by atoms with Crippen LogP contribution >= 0.6 is 11.6 Å². The molecule has 0 bridgehead atoms. The molecule has 1 aliphatic rings. The largest absolute Gasteiger partial charge is 0.355 e. The molecule has 3 rings (SSSR count). The zero-order chi connectivity index (χ0) is 23.5. The van der Waals surface area contributed by atoms with Crippen LogP contribution in [0.5, 0.6) is 0 Å². The van der Waals surface area contributed by atoms with E-state index in [-0.39, 0.29) is 35.9 Å². The second-order valence-electron chi connectivity index (χ2n) is 7.35. The Kier molecular flexibility index (Phi) is 7.20. The van der Waals surface area contributed by atoms with Crippen LogP contribution in [0.25, 0.3) is 0 Å². The molecule has 1 aliphatic heterocycles. The summed E-state index contributed by atoms with van der Waals surface area (Å²) in [4.78, 5) is 39.4. The normalized spacial score (nSPS) is 15.2. The molecule has 0 unspecified atom stereocenters. The Morgan fingerprint density at radius 2 is 1.88 bits per heavy atom. The Bertz CT molecular complexity index is 1150. The van der Waals surface area contributed by atoms with Gasteiger partial charge in [0.2, 0.25) is 11.8 Å².